The summed E-state index contributed by atoms with van der Waals surface area (Å²) in [5.41, 5.74) is 2.18. The van der Waals surface area contributed by atoms with E-state index in [1.807, 2.05) is 18.2 Å². The third kappa shape index (κ3) is 2.91. The van der Waals surface area contributed by atoms with Gasteiger partial charge in [-0.2, -0.15) is 0 Å². The molecule has 134 valence electrons. The van der Waals surface area contributed by atoms with E-state index in [1.54, 1.807) is 25.1 Å². The molecule has 0 amide bonds. The Bertz CT molecular complexity index is 1170. The maximum atomic E-state index is 14.6. The number of ether oxygens (including phenoxy) is 1. The minimum absolute atomic E-state index is 0.0820. The molecular formula is C22H15F2NO2. The number of aromatic nitrogens is 1. The van der Waals surface area contributed by atoms with Gasteiger partial charge in [0.2, 0.25) is 0 Å². The van der Waals surface area contributed by atoms with Crippen LogP contribution in [0.15, 0.2) is 60.7 Å². The van der Waals surface area contributed by atoms with Crippen molar-refractivity contribution in [1.82, 2.24) is 4.98 Å². The van der Waals surface area contributed by atoms with Crippen molar-refractivity contribution in [3.8, 4) is 11.1 Å². The van der Waals surface area contributed by atoms with Crippen molar-refractivity contribution in [3.63, 3.8) is 0 Å². The van der Waals surface area contributed by atoms with Crippen LogP contribution >= 0.6 is 0 Å². The first-order valence-electron chi connectivity index (χ1n) is 8.54. The van der Waals surface area contributed by atoms with Gasteiger partial charge in [-0.3, -0.25) is 0 Å². The minimum atomic E-state index is -0.553. The van der Waals surface area contributed by atoms with Crippen LogP contribution < -0.4 is 0 Å². The molecule has 0 saturated heterocycles. The zero-order chi connectivity index (χ0) is 19.0. The van der Waals surface area contributed by atoms with Crippen molar-refractivity contribution < 1.29 is 18.3 Å². The second-order valence-corrected chi connectivity index (χ2v) is 6.05. The van der Waals surface area contributed by atoms with E-state index in [0.29, 0.717) is 22.0 Å². The summed E-state index contributed by atoms with van der Waals surface area (Å²) in [6.07, 6.45) is 0. The summed E-state index contributed by atoms with van der Waals surface area (Å²) in [5.74, 6) is -1.46. The number of halogens is 2. The number of esters is 1. The van der Waals surface area contributed by atoms with E-state index >= 15 is 0 Å². The molecular weight excluding hydrogens is 348 g/mol. The molecule has 4 aromatic rings. The van der Waals surface area contributed by atoms with Gasteiger partial charge in [-0.05, 0) is 42.8 Å². The van der Waals surface area contributed by atoms with E-state index in [4.69, 9.17) is 4.74 Å². The molecule has 0 fully saturated rings. The van der Waals surface area contributed by atoms with Crippen LogP contribution in [0.25, 0.3) is 32.9 Å². The number of hydrogen-bond acceptors (Lipinski definition) is 3. The van der Waals surface area contributed by atoms with Crippen LogP contribution in [0.5, 0.6) is 0 Å². The van der Waals surface area contributed by atoms with Crippen LogP contribution in [0.1, 0.15) is 17.3 Å². The van der Waals surface area contributed by atoms with Crippen molar-refractivity contribution in [2.75, 3.05) is 6.61 Å². The molecule has 0 unspecified atom stereocenters. The Morgan fingerprint density at radius 2 is 1.74 bits per heavy atom. The van der Waals surface area contributed by atoms with Crippen LogP contribution in [-0.2, 0) is 4.74 Å². The molecule has 0 aliphatic carbocycles. The number of pyridine rings is 1. The fraction of sp³-hybridized carbons (Fsp3) is 0.0909. The minimum Gasteiger partial charge on any atom is -0.462 e. The Labute approximate surface area is 154 Å². The molecule has 0 aliphatic heterocycles. The Kier molecular flexibility index (Phi) is 4.28. The topological polar surface area (TPSA) is 39.2 Å². The van der Waals surface area contributed by atoms with Crippen molar-refractivity contribution >= 4 is 27.8 Å². The summed E-state index contributed by atoms with van der Waals surface area (Å²) in [6.45, 7) is 1.91. The highest BCUT2D eigenvalue weighted by Gasteiger charge is 2.21. The first-order valence-corrected chi connectivity index (χ1v) is 8.54. The number of hydrogen-bond donors (Lipinski definition) is 0. The number of fused-ring (bicyclic) bond motifs is 2. The highest BCUT2D eigenvalue weighted by Crippen LogP contribution is 2.37. The highest BCUT2D eigenvalue weighted by atomic mass is 19.1. The second kappa shape index (κ2) is 6.76. The lowest BCUT2D eigenvalue weighted by Crippen LogP contribution is -2.07. The number of nitrogens with zero attached hydrogens (tertiary/aromatic N) is 1. The smallest absolute Gasteiger partial charge is 0.338 e. The Balaban J connectivity index is 2.20. The van der Waals surface area contributed by atoms with Gasteiger partial charge in [-0.1, -0.05) is 30.3 Å². The van der Waals surface area contributed by atoms with Gasteiger partial charge < -0.3 is 4.74 Å². The zero-order valence-corrected chi connectivity index (χ0v) is 14.5. The number of benzene rings is 3. The fourth-order valence-corrected chi connectivity index (χ4v) is 3.26. The molecule has 0 radical (unpaired) electrons. The quantitative estimate of drug-likeness (QED) is 0.356. The predicted octanol–water partition coefficient (Wildman–Crippen LogP) is 5.51. The average molecular weight is 363 g/mol. The fourth-order valence-electron chi connectivity index (χ4n) is 3.26. The van der Waals surface area contributed by atoms with E-state index in [1.165, 1.54) is 24.3 Å². The Morgan fingerprint density at radius 1 is 1.00 bits per heavy atom. The number of carbonyl (C=O) groups excluding carboxylic acids is 1. The lowest BCUT2D eigenvalue weighted by Gasteiger charge is -2.15. The van der Waals surface area contributed by atoms with Crippen molar-refractivity contribution in [1.29, 1.82) is 0 Å². The van der Waals surface area contributed by atoms with Crippen LogP contribution in [0.2, 0.25) is 0 Å². The van der Waals surface area contributed by atoms with E-state index < -0.39 is 11.8 Å². The van der Waals surface area contributed by atoms with E-state index in [0.717, 1.165) is 5.39 Å². The molecule has 27 heavy (non-hydrogen) atoms. The molecule has 0 bridgehead atoms. The molecule has 0 aliphatic rings. The van der Waals surface area contributed by atoms with E-state index in [-0.39, 0.29) is 23.5 Å². The van der Waals surface area contributed by atoms with E-state index in [2.05, 4.69) is 4.98 Å². The normalized spacial score (nSPS) is 11.1. The highest BCUT2D eigenvalue weighted by molar-refractivity contribution is 6.16. The number of para-hydroxylation sites is 1. The lowest BCUT2D eigenvalue weighted by molar-refractivity contribution is 0.0528. The van der Waals surface area contributed by atoms with Crippen LogP contribution in [-0.4, -0.2) is 17.6 Å². The summed E-state index contributed by atoms with van der Waals surface area (Å²) in [5, 5.41) is 1.10. The standard InChI is InChI=1S/C22H15F2NO2/c1-2-27-22(26)16-11-12-17(24)21-20(16)19(13-7-9-14(23)10-8-13)15-5-3-4-6-18(15)25-21/h3-12H,2H2,1H3. The van der Waals surface area contributed by atoms with Crippen molar-refractivity contribution in [3.05, 3.63) is 77.9 Å². The lowest BCUT2D eigenvalue weighted by atomic mass is 9.93. The van der Waals surface area contributed by atoms with Gasteiger partial charge in [0.15, 0.2) is 0 Å². The molecule has 4 rings (SSSR count). The monoisotopic (exact) mass is 363 g/mol. The molecule has 1 heterocycles. The van der Waals surface area contributed by atoms with Gasteiger partial charge in [0.1, 0.15) is 17.2 Å². The first-order chi connectivity index (χ1) is 13.1. The van der Waals surface area contributed by atoms with Crippen molar-refractivity contribution in [2.24, 2.45) is 0 Å². The van der Waals surface area contributed by atoms with Gasteiger partial charge in [-0.15, -0.1) is 0 Å². The number of carbonyl (C=O) groups is 1. The van der Waals surface area contributed by atoms with Crippen molar-refractivity contribution in [2.45, 2.75) is 6.92 Å². The maximum Gasteiger partial charge on any atom is 0.338 e. The first kappa shape index (κ1) is 17.1. The van der Waals surface area contributed by atoms with Gasteiger partial charge in [-0.25, -0.2) is 18.6 Å². The predicted molar refractivity (Wildman–Crippen MR) is 101 cm³/mol. The summed E-state index contributed by atoms with van der Waals surface area (Å²) in [4.78, 5) is 16.9. The third-order valence-corrected chi connectivity index (χ3v) is 4.41. The molecule has 0 atom stereocenters. The molecule has 0 saturated carbocycles. The summed E-state index contributed by atoms with van der Waals surface area (Å²) in [7, 11) is 0. The SMILES string of the molecule is CCOC(=O)c1ccc(F)c2nc3ccccc3c(-c3ccc(F)cc3)c12. The third-order valence-electron chi connectivity index (χ3n) is 4.41. The molecule has 1 aromatic heterocycles. The van der Waals surface area contributed by atoms with Crippen LogP contribution in [0.4, 0.5) is 8.78 Å². The Hall–Kier alpha value is -3.34. The number of rotatable bonds is 3. The van der Waals surface area contributed by atoms with E-state index in [9.17, 15) is 13.6 Å². The van der Waals surface area contributed by atoms with Gasteiger partial charge in [0.05, 0.1) is 17.7 Å². The molecule has 3 nitrogen and oxygen atoms in total. The van der Waals surface area contributed by atoms with Crippen LogP contribution in [0.3, 0.4) is 0 Å². The molecule has 5 heteroatoms. The second-order valence-electron chi connectivity index (χ2n) is 6.05. The Morgan fingerprint density at radius 3 is 2.48 bits per heavy atom. The molecule has 0 spiro atoms. The van der Waals surface area contributed by atoms with Gasteiger partial charge >= 0.3 is 5.97 Å². The van der Waals surface area contributed by atoms with Gasteiger partial charge in [0.25, 0.3) is 0 Å². The zero-order valence-electron chi connectivity index (χ0n) is 14.5. The summed E-state index contributed by atoms with van der Waals surface area (Å²) >= 11 is 0. The molecule has 0 N–H and O–H groups in total. The largest absolute Gasteiger partial charge is 0.462 e. The molecule has 3 aromatic carbocycles. The average Bonchev–Trinajstić information content (AvgIpc) is 2.68. The van der Waals surface area contributed by atoms with Crippen LogP contribution in [0, 0.1) is 11.6 Å². The summed E-state index contributed by atoms with van der Waals surface area (Å²) < 4.78 is 33.2. The summed E-state index contributed by atoms with van der Waals surface area (Å²) in [6, 6.07) is 15.8. The van der Waals surface area contributed by atoms with Gasteiger partial charge in [0, 0.05) is 16.3 Å². The maximum absolute atomic E-state index is 14.6.